The number of nitrogens with one attached hydrogen (secondary N) is 2. The van der Waals surface area contributed by atoms with Gasteiger partial charge in [0.05, 0.1) is 6.20 Å². The topological polar surface area (TPSA) is 83.8 Å². The SMILES string of the molecule is Cc1cn[nH]c1NC(=O)c1ccc(CN)cc1. The van der Waals surface area contributed by atoms with Crippen molar-refractivity contribution in [3.05, 3.63) is 47.2 Å². The lowest BCUT2D eigenvalue weighted by Gasteiger charge is -2.04. The van der Waals surface area contributed by atoms with Crippen molar-refractivity contribution >= 4 is 11.7 Å². The summed E-state index contributed by atoms with van der Waals surface area (Å²) in [5.74, 6) is 0.457. The molecule has 5 nitrogen and oxygen atoms in total. The summed E-state index contributed by atoms with van der Waals surface area (Å²) in [7, 11) is 0. The minimum Gasteiger partial charge on any atom is -0.326 e. The maximum Gasteiger partial charge on any atom is 0.256 e. The molecule has 0 atom stereocenters. The number of hydrogen-bond acceptors (Lipinski definition) is 3. The van der Waals surface area contributed by atoms with Crippen LogP contribution in [0.1, 0.15) is 21.5 Å². The maximum absolute atomic E-state index is 11.9. The van der Waals surface area contributed by atoms with Crippen molar-refractivity contribution in [3.8, 4) is 0 Å². The van der Waals surface area contributed by atoms with Crippen LogP contribution in [0.15, 0.2) is 30.5 Å². The van der Waals surface area contributed by atoms with Crippen molar-refractivity contribution in [3.63, 3.8) is 0 Å². The van der Waals surface area contributed by atoms with Crippen LogP contribution in [0, 0.1) is 6.92 Å². The third-order valence-corrected chi connectivity index (χ3v) is 2.52. The van der Waals surface area contributed by atoms with Gasteiger partial charge in [0.1, 0.15) is 5.82 Å². The summed E-state index contributed by atoms with van der Waals surface area (Å²) in [6.07, 6.45) is 1.66. The number of carbonyl (C=O) groups is 1. The normalized spacial score (nSPS) is 10.2. The number of nitrogens with zero attached hydrogens (tertiary/aromatic N) is 1. The molecule has 0 saturated carbocycles. The first-order valence-corrected chi connectivity index (χ1v) is 5.31. The smallest absolute Gasteiger partial charge is 0.256 e. The predicted octanol–water partition coefficient (Wildman–Crippen LogP) is 1.43. The zero-order valence-electron chi connectivity index (χ0n) is 9.53. The molecule has 1 aromatic carbocycles. The maximum atomic E-state index is 11.9. The van der Waals surface area contributed by atoms with Crippen molar-refractivity contribution in [2.45, 2.75) is 13.5 Å². The lowest BCUT2D eigenvalue weighted by Crippen LogP contribution is -2.13. The van der Waals surface area contributed by atoms with E-state index in [1.807, 2.05) is 19.1 Å². The number of carbonyl (C=O) groups excluding carboxylic acids is 1. The van der Waals surface area contributed by atoms with E-state index in [-0.39, 0.29) is 5.91 Å². The Morgan fingerprint density at radius 2 is 2.12 bits per heavy atom. The highest BCUT2D eigenvalue weighted by Gasteiger charge is 2.08. The quantitative estimate of drug-likeness (QED) is 0.745. The molecule has 4 N–H and O–H groups in total. The first kappa shape index (κ1) is 11.3. The van der Waals surface area contributed by atoms with Gasteiger partial charge in [-0.25, -0.2) is 0 Å². The Bertz CT molecular complexity index is 516. The molecule has 1 aromatic heterocycles. The molecule has 5 heteroatoms. The van der Waals surface area contributed by atoms with Gasteiger partial charge in [-0.1, -0.05) is 12.1 Å². The summed E-state index contributed by atoms with van der Waals surface area (Å²) in [5.41, 5.74) is 7.98. The van der Waals surface area contributed by atoms with Gasteiger partial charge in [0.2, 0.25) is 0 Å². The number of amides is 1. The molecule has 0 spiro atoms. The van der Waals surface area contributed by atoms with E-state index >= 15 is 0 Å². The number of benzene rings is 1. The van der Waals surface area contributed by atoms with Crippen molar-refractivity contribution < 1.29 is 4.79 Å². The van der Waals surface area contributed by atoms with Gasteiger partial charge in [-0.05, 0) is 24.6 Å². The van der Waals surface area contributed by atoms with Crippen LogP contribution in [0.25, 0.3) is 0 Å². The second-order valence-electron chi connectivity index (χ2n) is 3.78. The van der Waals surface area contributed by atoms with E-state index in [0.717, 1.165) is 11.1 Å². The molecule has 0 saturated heterocycles. The second kappa shape index (κ2) is 4.80. The van der Waals surface area contributed by atoms with Crippen molar-refractivity contribution in [2.75, 3.05) is 5.32 Å². The Morgan fingerprint density at radius 3 is 2.65 bits per heavy atom. The highest BCUT2D eigenvalue weighted by Crippen LogP contribution is 2.11. The summed E-state index contributed by atoms with van der Waals surface area (Å²) in [4.78, 5) is 11.9. The Balaban J connectivity index is 2.12. The number of H-pyrrole nitrogens is 1. The van der Waals surface area contributed by atoms with E-state index in [9.17, 15) is 4.79 Å². The lowest BCUT2D eigenvalue weighted by molar-refractivity contribution is 0.102. The van der Waals surface area contributed by atoms with Crippen LogP contribution in [0.3, 0.4) is 0 Å². The molecule has 1 heterocycles. The molecule has 0 bridgehead atoms. The summed E-state index contributed by atoms with van der Waals surface area (Å²) < 4.78 is 0. The minimum atomic E-state index is -0.166. The number of nitrogens with two attached hydrogens (primary N) is 1. The van der Waals surface area contributed by atoms with E-state index in [4.69, 9.17) is 5.73 Å². The van der Waals surface area contributed by atoms with Gasteiger partial charge in [0, 0.05) is 17.7 Å². The molecular weight excluding hydrogens is 216 g/mol. The largest absolute Gasteiger partial charge is 0.326 e. The third-order valence-electron chi connectivity index (χ3n) is 2.52. The number of anilines is 1. The first-order valence-electron chi connectivity index (χ1n) is 5.31. The molecule has 88 valence electrons. The van der Waals surface area contributed by atoms with Crippen LogP contribution >= 0.6 is 0 Å². The van der Waals surface area contributed by atoms with Crippen LogP contribution in [0.5, 0.6) is 0 Å². The number of aromatic amines is 1. The fraction of sp³-hybridized carbons (Fsp3) is 0.167. The molecule has 1 amide bonds. The average molecular weight is 230 g/mol. The van der Waals surface area contributed by atoms with Crippen molar-refractivity contribution in [2.24, 2.45) is 5.73 Å². The number of rotatable bonds is 3. The highest BCUT2D eigenvalue weighted by molar-refractivity contribution is 6.04. The molecule has 0 aliphatic carbocycles. The van der Waals surface area contributed by atoms with Gasteiger partial charge in [0.15, 0.2) is 0 Å². The zero-order chi connectivity index (χ0) is 12.3. The van der Waals surface area contributed by atoms with E-state index in [0.29, 0.717) is 17.9 Å². The fourth-order valence-electron chi connectivity index (χ4n) is 1.45. The van der Waals surface area contributed by atoms with Crippen LogP contribution in [-0.2, 0) is 6.54 Å². The monoisotopic (exact) mass is 230 g/mol. The molecule has 17 heavy (non-hydrogen) atoms. The number of aryl methyl sites for hydroxylation is 1. The van der Waals surface area contributed by atoms with Crippen LogP contribution in [-0.4, -0.2) is 16.1 Å². The van der Waals surface area contributed by atoms with Crippen molar-refractivity contribution in [1.29, 1.82) is 0 Å². The van der Waals surface area contributed by atoms with Gasteiger partial charge in [0.25, 0.3) is 5.91 Å². The molecule has 0 aliphatic rings. The number of hydrogen-bond donors (Lipinski definition) is 3. The summed E-state index contributed by atoms with van der Waals surface area (Å²) >= 11 is 0. The third kappa shape index (κ3) is 2.51. The van der Waals surface area contributed by atoms with Crippen LogP contribution in [0.4, 0.5) is 5.82 Å². The fourth-order valence-corrected chi connectivity index (χ4v) is 1.45. The predicted molar refractivity (Wildman–Crippen MR) is 65.6 cm³/mol. The molecule has 0 fully saturated rings. The van der Waals surface area contributed by atoms with Crippen LogP contribution in [0.2, 0.25) is 0 Å². The minimum absolute atomic E-state index is 0.166. The van der Waals surface area contributed by atoms with E-state index in [2.05, 4.69) is 15.5 Å². The summed E-state index contributed by atoms with van der Waals surface area (Å²) in [6.45, 7) is 2.35. The number of aromatic nitrogens is 2. The van der Waals surface area contributed by atoms with Gasteiger partial charge in [-0.2, -0.15) is 5.10 Å². The molecule has 2 aromatic rings. The average Bonchev–Trinajstić information content (AvgIpc) is 2.75. The first-order chi connectivity index (χ1) is 8.20. The standard InChI is InChI=1S/C12H14N4O/c1-8-7-14-16-11(8)15-12(17)10-4-2-9(6-13)3-5-10/h2-5,7H,6,13H2,1H3,(H2,14,15,16,17). The Morgan fingerprint density at radius 1 is 1.41 bits per heavy atom. The highest BCUT2D eigenvalue weighted by atomic mass is 16.1. The van der Waals surface area contributed by atoms with E-state index in [1.165, 1.54) is 0 Å². The molecule has 0 unspecified atom stereocenters. The molecule has 0 radical (unpaired) electrons. The van der Waals surface area contributed by atoms with Gasteiger partial charge in [-0.3, -0.25) is 9.89 Å². The van der Waals surface area contributed by atoms with Gasteiger partial charge >= 0.3 is 0 Å². The van der Waals surface area contributed by atoms with E-state index in [1.54, 1.807) is 18.3 Å². The summed E-state index contributed by atoms with van der Waals surface area (Å²) in [5, 5.41) is 9.32. The second-order valence-corrected chi connectivity index (χ2v) is 3.78. The van der Waals surface area contributed by atoms with Gasteiger partial charge in [-0.15, -0.1) is 0 Å². The molecular formula is C12H14N4O. The summed E-state index contributed by atoms with van der Waals surface area (Å²) in [6, 6.07) is 7.19. The Hall–Kier alpha value is -2.14. The molecule has 0 aliphatic heterocycles. The lowest BCUT2D eigenvalue weighted by atomic mass is 10.1. The zero-order valence-corrected chi connectivity index (χ0v) is 9.53. The van der Waals surface area contributed by atoms with Gasteiger partial charge < -0.3 is 11.1 Å². The van der Waals surface area contributed by atoms with E-state index < -0.39 is 0 Å². The molecule has 2 rings (SSSR count). The van der Waals surface area contributed by atoms with Crippen molar-refractivity contribution in [1.82, 2.24) is 10.2 Å². The Kier molecular flexibility index (Phi) is 3.20. The van der Waals surface area contributed by atoms with Crippen LogP contribution < -0.4 is 11.1 Å². The Labute approximate surface area is 99.0 Å².